The number of ether oxygens (including phenoxy) is 3. The predicted molar refractivity (Wildman–Crippen MR) is 73.0 cm³/mol. The highest BCUT2D eigenvalue weighted by atomic mass is 32.2. The number of thioether (sulfide) groups is 2. The van der Waals surface area contributed by atoms with Gasteiger partial charge in [0.2, 0.25) is 0 Å². The van der Waals surface area contributed by atoms with Crippen molar-refractivity contribution in [3.8, 4) is 0 Å². The molecule has 2 aliphatic heterocycles. The molecular formula is C12H20O3S2. The molecule has 2 aliphatic rings. The monoisotopic (exact) mass is 276 g/mol. The highest BCUT2D eigenvalue weighted by Gasteiger charge is 2.43. The lowest BCUT2D eigenvalue weighted by Crippen LogP contribution is -2.30. The van der Waals surface area contributed by atoms with Gasteiger partial charge in [-0.3, -0.25) is 0 Å². The van der Waals surface area contributed by atoms with E-state index in [1.165, 1.54) is 22.2 Å². The SMILES string of the molecule is COCOC1C(=C2SCCCS2)OCC1(C)C. The smallest absolute Gasteiger partial charge is 0.147 e. The van der Waals surface area contributed by atoms with Crippen molar-refractivity contribution in [2.45, 2.75) is 26.4 Å². The minimum absolute atomic E-state index is 0.0237. The molecule has 0 amide bonds. The summed E-state index contributed by atoms with van der Waals surface area (Å²) in [4.78, 5) is 0. The standard InChI is InChI=1S/C12H20O3S2/c1-12(2)7-14-9(10(12)15-8-13-3)11-16-5-4-6-17-11/h10H,4-8H2,1-3H3. The van der Waals surface area contributed by atoms with Crippen molar-refractivity contribution in [1.82, 2.24) is 0 Å². The zero-order chi connectivity index (χ0) is 12.3. The van der Waals surface area contributed by atoms with Crippen LogP contribution in [0, 0.1) is 5.41 Å². The molecule has 0 saturated carbocycles. The lowest BCUT2D eigenvalue weighted by molar-refractivity contribution is -0.0854. The van der Waals surface area contributed by atoms with Gasteiger partial charge in [0.1, 0.15) is 18.7 Å². The van der Waals surface area contributed by atoms with E-state index in [0.29, 0.717) is 6.79 Å². The maximum Gasteiger partial charge on any atom is 0.147 e. The second-order valence-corrected chi connectivity index (χ2v) is 7.40. The van der Waals surface area contributed by atoms with Gasteiger partial charge in [-0.15, -0.1) is 23.5 Å². The zero-order valence-corrected chi connectivity index (χ0v) is 12.3. The third-order valence-corrected chi connectivity index (χ3v) is 5.48. The zero-order valence-electron chi connectivity index (χ0n) is 10.7. The van der Waals surface area contributed by atoms with Crippen LogP contribution in [-0.2, 0) is 14.2 Å². The molecule has 2 heterocycles. The van der Waals surface area contributed by atoms with Gasteiger partial charge in [-0.25, -0.2) is 0 Å². The molecule has 0 aromatic rings. The molecule has 0 aromatic carbocycles. The Morgan fingerprint density at radius 2 is 2.06 bits per heavy atom. The maximum absolute atomic E-state index is 5.87. The van der Waals surface area contributed by atoms with Crippen molar-refractivity contribution in [1.29, 1.82) is 0 Å². The molecule has 0 N–H and O–H groups in total. The van der Waals surface area contributed by atoms with Gasteiger partial charge in [0, 0.05) is 12.5 Å². The molecule has 0 aromatic heterocycles. The van der Waals surface area contributed by atoms with Crippen molar-refractivity contribution < 1.29 is 14.2 Å². The first-order valence-corrected chi connectivity index (χ1v) is 7.85. The number of hydrogen-bond donors (Lipinski definition) is 0. The molecule has 98 valence electrons. The molecule has 1 unspecified atom stereocenters. The molecule has 2 rings (SSSR count). The summed E-state index contributed by atoms with van der Waals surface area (Å²) in [6.07, 6.45) is 1.30. The third kappa shape index (κ3) is 3.13. The number of rotatable bonds is 3. The van der Waals surface area contributed by atoms with Gasteiger partial charge < -0.3 is 14.2 Å². The van der Waals surface area contributed by atoms with Gasteiger partial charge in [-0.1, -0.05) is 13.8 Å². The fourth-order valence-corrected chi connectivity index (χ4v) is 4.53. The van der Waals surface area contributed by atoms with Crippen molar-refractivity contribution in [2.24, 2.45) is 5.41 Å². The summed E-state index contributed by atoms with van der Waals surface area (Å²) in [6.45, 7) is 5.41. The van der Waals surface area contributed by atoms with E-state index in [0.717, 1.165) is 12.4 Å². The molecule has 17 heavy (non-hydrogen) atoms. The van der Waals surface area contributed by atoms with Crippen LogP contribution in [-0.4, -0.2) is 38.1 Å². The van der Waals surface area contributed by atoms with E-state index < -0.39 is 0 Å². The molecule has 3 nitrogen and oxygen atoms in total. The Kier molecular flexibility index (Phi) is 4.69. The molecule has 5 heteroatoms. The average molecular weight is 276 g/mol. The molecule has 0 radical (unpaired) electrons. The second kappa shape index (κ2) is 5.87. The Bertz CT molecular complexity index is 294. The average Bonchev–Trinajstić information content (AvgIpc) is 2.63. The van der Waals surface area contributed by atoms with E-state index in [2.05, 4.69) is 13.8 Å². The number of hydrogen-bond acceptors (Lipinski definition) is 5. The van der Waals surface area contributed by atoms with Crippen LogP contribution in [0.5, 0.6) is 0 Å². The molecule has 0 bridgehead atoms. The lowest BCUT2D eigenvalue weighted by Gasteiger charge is -2.25. The Hall–Kier alpha value is 0.160. The first kappa shape index (κ1) is 13.6. The highest BCUT2D eigenvalue weighted by molar-refractivity contribution is 8.22. The van der Waals surface area contributed by atoms with Crippen LogP contribution < -0.4 is 0 Å². The van der Waals surface area contributed by atoms with E-state index in [1.807, 2.05) is 23.5 Å². The molecule has 2 saturated heterocycles. The quantitative estimate of drug-likeness (QED) is 0.739. The fraction of sp³-hybridized carbons (Fsp3) is 0.833. The van der Waals surface area contributed by atoms with Crippen LogP contribution in [0.15, 0.2) is 10.00 Å². The molecular weight excluding hydrogens is 256 g/mol. The van der Waals surface area contributed by atoms with Crippen molar-refractivity contribution >= 4 is 23.5 Å². The van der Waals surface area contributed by atoms with Gasteiger partial charge in [0.05, 0.1) is 10.8 Å². The van der Waals surface area contributed by atoms with Gasteiger partial charge in [0.25, 0.3) is 0 Å². The largest absolute Gasteiger partial charge is 0.493 e. The summed E-state index contributed by atoms with van der Waals surface area (Å²) >= 11 is 3.79. The van der Waals surface area contributed by atoms with E-state index in [4.69, 9.17) is 14.2 Å². The highest BCUT2D eigenvalue weighted by Crippen LogP contribution is 2.45. The van der Waals surface area contributed by atoms with E-state index in [-0.39, 0.29) is 11.5 Å². The Morgan fingerprint density at radius 1 is 1.35 bits per heavy atom. The summed E-state index contributed by atoms with van der Waals surface area (Å²) in [5, 5.41) is 0. The minimum atomic E-state index is 0.0237. The third-order valence-electron chi connectivity index (χ3n) is 2.86. The van der Waals surface area contributed by atoms with Crippen molar-refractivity contribution in [3.63, 3.8) is 0 Å². The normalized spacial score (nSPS) is 28.3. The van der Waals surface area contributed by atoms with Crippen LogP contribution in [0.4, 0.5) is 0 Å². The summed E-state index contributed by atoms with van der Waals surface area (Å²) in [5.74, 6) is 3.40. The molecule has 0 aliphatic carbocycles. The van der Waals surface area contributed by atoms with Gasteiger partial charge in [0.15, 0.2) is 0 Å². The molecule has 1 atom stereocenters. The fourth-order valence-electron chi connectivity index (χ4n) is 1.95. The molecule has 0 spiro atoms. The van der Waals surface area contributed by atoms with Gasteiger partial charge in [-0.2, -0.15) is 0 Å². The predicted octanol–water partition coefficient (Wildman–Crippen LogP) is 3.07. The van der Waals surface area contributed by atoms with Crippen LogP contribution in [0.3, 0.4) is 0 Å². The summed E-state index contributed by atoms with van der Waals surface area (Å²) in [6, 6.07) is 0. The van der Waals surface area contributed by atoms with E-state index in [1.54, 1.807) is 7.11 Å². The first-order valence-electron chi connectivity index (χ1n) is 5.88. The van der Waals surface area contributed by atoms with Crippen LogP contribution in [0.2, 0.25) is 0 Å². The van der Waals surface area contributed by atoms with Crippen molar-refractivity contribution in [2.75, 3.05) is 32.0 Å². The Labute approximate surface area is 112 Å². The Balaban J connectivity index is 2.14. The summed E-state index contributed by atoms with van der Waals surface area (Å²) in [7, 11) is 1.65. The number of methoxy groups -OCH3 is 1. The summed E-state index contributed by atoms with van der Waals surface area (Å²) in [5.41, 5.74) is 0.0272. The Morgan fingerprint density at radius 3 is 2.71 bits per heavy atom. The van der Waals surface area contributed by atoms with E-state index >= 15 is 0 Å². The minimum Gasteiger partial charge on any atom is -0.493 e. The van der Waals surface area contributed by atoms with Crippen LogP contribution in [0.25, 0.3) is 0 Å². The second-order valence-electron chi connectivity index (χ2n) is 4.93. The summed E-state index contributed by atoms with van der Waals surface area (Å²) < 4.78 is 18.0. The lowest BCUT2D eigenvalue weighted by atomic mass is 9.89. The van der Waals surface area contributed by atoms with Crippen LogP contribution in [0.1, 0.15) is 20.3 Å². The molecule has 2 fully saturated rings. The van der Waals surface area contributed by atoms with E-state index in [9.17, 15) is 0 Å². The van der Waals surface area contributed by atoms with Gasteiger partial charge in [-0.05, 0) is 17.9 Å². The van der Waals surface area contributed by atoms with Gasteiger partial charge >= 0.3 is 0 Å². The first-order chi connectivity index (χ1) is 8.15. The van der Waals surface area contributed by atoms with Crippen molar-refractivity contribution in [3.05, 3.63) is 10.00 Å². The topological polar surface area (TPSA) is 27.7 Å². The van der Waals surface area contributed by atoms with Crippen LogP contribution >= 0.6 is 23.5 Å². The maximum atomic E-state index is 5.87.